The van der Waals surface area contributed by atoms with E-state index in [1.165, 1.54) is 41.1 Å². The Hall–Kier alpha value is -3.07. The number of hydrogen-bond donors (Lipinski definition) is 0. The molecule has 1 heterocycles. The van der Waals surface area contributed by atoms with Gasteiger partial charge in [-0.15, -0.1) is 0 Å². The second-order valence-electron chi connectivity index (χ2n) is 6.22. The Kier molecular flexibility index (Phi) is 6.61. The van der Waals surface area contributed by atoms with E-state index < -0.39 is 29.0 Å². The van der Waals surface area contributed by atoms with Crippen LogP contribution in [0.5, 0.6) is 5.75 Å². The first kappa shape index (κ1) is 21.6. The van der Waals surface area contributed by atoms with E-state index in [0.717, 1.165) is 19.2 Å². The quantitative estimate of drug-likeness (QED) is 0.488. The minimum atomic E-state index is -0.820. The normalized spacial score (nSPS) is 10.7. The van der Waals surface area contributed by atoms with Crippen LogP contribution in [0, 0.1) is 17.5 Å². The van der Waals surface area contributed by atoms with Crippen molar-refractivity contribution in [2.75, 3.05) is 7.11 Å². The van der Waals surface area contributed by atoms with E-state index in [0.29, 0.717) is 0 Å². The molecule has 9 heteroatoms. The molecule has 0 amide bonds. The first-order valence-electron chi connectivity index (χ1n) is 8.63. The smallest absolute Gasteiger partial charge is 0.340 e. The number of carbonyl (C=O) groups is 1. The van der Waals surface area contributed by atoms with Gasteiger partial charge in [-0.3, -0.25) is 4.79 Å². The molecule has 0 aliphatic carbocycles. The van der Waals surface area contributed by atoms with Crippen LogP contribution in [0.1, 0.15) is 21.5 Å². The average molecular weight is 482 g/mol. The van der Waals surface area contributed by atoms with Gasteiger partial charge >= 0.3 is 5.97 Å². The summed E-state index contributed by atoms with van der Waals surface area (Å²) in [5.41, 5.74) is -0.513. The molecule has 0 spiro atoms. The number of halogens is 4. The van der Waals surface area contributed by atoms with Gasteiger partial charge in [0.05, 0.1) is 19.2 Å². The molecule has 0 N–H and O–H groups in total. The highest BCUT2D eigenvalue weighted by Gasteiger charge is 2.17. The molecule has 30 heavy (non-hydrogen) atoms. The summed E-state index contributed by atoms with van der Waals surface area (Å²) in [5.74, 6) is -2.92. The summed E-state index contributed by atoms with van der Waals surface area (Å²) in [6.07, 6.45) is 1.38. The third kappa shape index (κ3) is 4.56. The minimum absolute atomic E-state index is 0.0528. The number of pyridine rings is 1. The summed E-state index contributed by atoms with van der Waals surface area (Å²) in [7, 11) is 1.15. The van der Waals surface area contributed by atoms with Gasteiger partial charge in [0.2, 0.25) is 0 Å². The Morgan fingerprint density at radius 1 is 1.10 bits per heavy atom. The van der Waals surface area contributed by atoms with Crippen molar-refractivity contribution in [3.63, 3.8) is 0 Å². The lowest BCUT2D eigenvalue weighted by Crippen LogP contribution is -2.22. The van der Waals surface area contributed by atoms with Crippen molar-refractivity contribution < 1.29 is 27.4 Å². The van der Waals surface area contributed by atoms with E-state index in [1.54, 1.807) is 0 Å². The first-order chi connectivity index (χ1) is 14.3. The lowest BCUT2D eigenvalue weighted by molar-refractivity contribution is 0.0595. The maximum absolute atomic E-state index is 14.6. The van der Waals surface area contributed by atoms with E-state index in [9.17, 15) is 22.8 Å². The van der Waals surface area contributed by atoms with Crippen molar-refractivity contribution in [2.24, 2.45) is 0 Å². The highest BCUT2D eigenvalue weighted by molar-refractivity contribution is 9.10. The van der Waals surface area contributed by atoms with Gasteiger partial charge in [-0.1, -0.05) is 12.1 Å². The Balaban J connectivity index is 1.82. The fourth-order valence-corrected chi connectivity index (χ4v) is 3.19. The lowest BCUT2D eigenvalue weighted by atomic mass is 10.1. The molecule has 1 aromatic heterocycles. The zero-order chi connectivity index (χ0) is 21.8. The molecule has 2 aromatic carbocycles. The Labute approximate surface area is 177 Å². The third-order valence-corrected chi connectivity index (χ3v) is 5.02. The summed E-state index contributed by atoms with van der Waals surface area (Å²) >= 11 is 3.14. The van der Waals surface area contributed by atoms with Gasteiger partial charge < -0.3 is 14.0 Å². The van der Waals surface area contributed by atoms with Crippen LogP contribution < -0.4 is 10.3 Å². The molecule has 0 saturated carbocycles. The highest BCUT2D eigenvalue weighted by Crippen LogP contribution is 2.23. The molecular formula is C21H15BrF3NO4. The van der Waals surface area contributed by atoms with E-state index in [1.807, 2.05) is 0 Å². The molecule has 0 fully saturated rings. The van der Waals surface area contributed by atoms with Crippen LogP contribution >= 0.6 is 15.9 Å². The Morgan fingerprint density at radius 3 is 2.57 bits per heavy atom. The second-order valence-corrected chi connectivity index (χ2v) is 7.01. The number of benzene rings is 2. The summed E-state index contributed by atoms with van der Waals surface area (Å²) in [4.78, 5) is 24.2. The van der Waals surface area contributed by atoms with Crippen LogP contribution in [0.3, 0.4) is 0 Å². The standard InChI is InChI=1S/C21H15BrF3NO4/c1-29-21(28)15-4-2-3-12(19(15)25)10-26-8-7-17(18(22)20(26)27)30-11-13-5-6-14(23)9-16(13)24/h2-9H,10-11H2,1H3. The fourth-order valence-electron chi connectivity index (χ4n) is 2.71. The maximum Gasteiger partial charge on any atom is 0.340 e. The number of ether oxygens (including phenoxy) is 2. The Morgan fingerprint density at radius 2 is 1.87 bits per heavy atom. The van der Waals surface area contributed by atoms with Crippen LogP contribution in [0.4, 0.5) is 13.2 Å². The molecule has 156 valence electrons. The van der Waals surface area contributed by atoms with Gasteiger partial charge in [0.25, 0.3) is 5.56 Å². The van der Waals surface area contributed by atoms with E-state index >= 15 is 0 Å². The molecule has 0 aliphatic heterocycles. The molecule has 3 aromatic rings. The predicted octanol–water partition coefficient (Wildman–Crippen LogP) is 4.44. The largest absolute Gasteiger partial charge is 0.487 e. The van der Waals surface area contributed by atoms with Gasteiger partial charge in [-0.25, -0.2) is 18.0 Å². The lowest BCUT2D eigenvalue weighted by Gasteiger charge is -2.13. The number of nitrogens with zero attached hydrogens (tertiary/aromatic N) is 1. The number of rotatable bonds is 6. The highest BCUT2D eigenvalue weighted by atomic mass is 79.9. The van der Waals surface area contributed by atoms with Gasteiger partial charge in [-0.05, 0) is 40.2 Å². The van der Waals surface area contributed by atoms with Crippen LogP contribution in [-0.2, 0) is 17.9 Å². The summed E-state index contributed by atoms with van der Waals surface area (Å²) in [6.45, 7) is -0.356. The average Bonchev–Trinajstić information content (AvgIpc) is 2.72. The van der Waals surface area contributed by atoms with Crippen molar-refractivity contribution >= 4 is 21.9 Å². The number of hydrogen-bond acceptors (Lipinski definition) is 4. The third-order valence-electron chi connectivity index (χ3n) is 4.29. The number of methoxy groups -OCH3 is 1. The SMILES string of the molecule is COC(=O)c1cccc(Cn2ccc(OCc3ccc(F)cc3F)c(Br)c2=O)c1F. The van der Waals surface area contributed by atoms with Crippen molar-refractivity contribution in [1.82, 2.24) is 4.57 Å². The van der Waals surface area contributed by atoms with Gasteiger partial charge in [0, 0.05) is 23.4 Å². The van der Waals surface area contributed by atoms with E-state index in [4.69, 9.17) is 4.74 Å². The van der Waals surface area contributed by atoms with Crippen LogP contribution in [0.2, 0.25) is 0 Å². The number of aromatic nitrogens is 1. The zero-order valence-corrected chi connectivity index (χ0v) is 17.2. The fraction of sp³-hybridized carbons (Fsp3) is 0.143. The van der Waals surface area contributed by atoms with Crippen molar-refractivity contribution in [1.29, 1.82) is 0 Å². The summed E-state index contributed by atoms with van der Waals surface area (Å²) in [5, 5.41) is 0. The molecule has 5 nitrogen and oxygen atoms in total. The van der Waals surface area contributed by atoms with E-state index in [2.05, 4.69) is 20.7 Å². The first-order valence-corrected chi connectivity index (χ1v) is 9.42. The van der Waals surface area contributed by atoms with E-state index in [-0.39, 0.29) is 40.1 Å². The van der Waals surface area contributed by atoms with Crippen molar-refractivity contribution in [2.45, 2.75) is 13.2 Å². The molecule has 0 aliphatic rings. The summed E-state index contributed by atoms with van der Waals surface area (Å²) in [6, 6.07) is 8.76. The number of carbonyl (C=O) groups excluding carboxylic acids is 1. The topological polar surface area (TPSA) is 57.5 Å². The van der Waals surface area contributed by atoms with Crippen LogP contribution in [0.15, 0.2) is 57.9 Å². The van der Waals surface area contributed by atoms with Gasteiger partial charge in [0.15, 0.2) is 0 Å². The second kappa shape index (κ2) is 9.17. The molecule has 0 saturated heterocycles. The van der Waals surface area contributed by atoms with Crippen molar-refractivity contribution in [3.8, 4) is 5.75 Å². The summed E-state index contributed by atoms with van der Waals surface area (Å²) < 4.78 is 52.5. The van der Waals surface area contributed by atoms with Crippen molar-refractivity contribution in [3.05, 3.63) is 97.6 Å². The molecule has 0 bridgehead atoms. The molecule has 3 rings (SSSR count). The Bertz CT molecular complexity index is 1160. The zero-order valence-electron chi connectivity index (χ0n) is 15.6. The van der Waals surface area contributed by atoms with Gasteiger partial charge in [-0.2, -0.15) is 0 Å². The molecule has 0 radical (unpaired) electrons. The van der Waals surface area contributed by atoms with Crippen LogP contribution in [-0.4, -0.2) is 17.6 Å². The molecule has 0 atom stereocenters. The molecule has 0 unspecified atom stereocenters. The monoisotopic (exact) mass is 481 g/mol. The number of esters is 1. The maximum atomic E-state index is 14.6. The molecular weight excluding hydrogens is 467 g/mol. The van der Waals surface area contributed by atoms with Gasteiger partial charge in [0.1, 0.15) is 34.3 Å². The predicted molar refractivity (Wildman–Crippen MR) is 106 cm³/mol. The van der Waals surface area contributed by atoms with Crippen LogP contribution in [0.25, 0.3) is 0 Å². The minimum Gasteiger partial charge on any atom is -0.487 e.